The van der Waals surface area contributed by atoms with Gasteiger partial charge in [0.05, 0.1) is 27.8 Å². The summed E-state index contributed by atoms with van der Waals surface area (Å²) in [5.41, 5.74) is 7.10. The van der Waals surface area contributed by atoms with Crippen LogP contribution in [-0.4, -0.2) is 14.0 Å². The Morgan fingerprint density at radius 1 is 0.700 bits per heavy atom. The number of benzene rings is 4. The van der Waals surface area contributed by atoms with Crippen LogP contribution in [0.4, 0.5) is 0 Å². The summed E-state index contributed by atoms with van der Waals surface area (Å²) in [5.74, 6) is 0.889. The number of furan rings is 1. The van der Waals surface area contributed by atoms with Gasteiger partial charge in [0.25, 0.3) is 0 Å². The Morgan fingerprint density at radius 2 is 1.50 bits per heavy atom. The van der Waals surface area contributed by atoms with Gasteiger partial charge < -0.3 is 4.42 Å². The van der Waals surface area contributed by atoms with Crippen molar-refractivity contribution in [2.24, 2.45) is 0 Å². The molecule has 4 aromatic carbocycles. The third-order valence-electron chi connectivity index (χ3n) is 5.78. The molecule has 0 aliphatic carbocycles. The maximum absolute atomic E-state index is 6.14. The number of imidazole rings is 2. The normalized spacial score (nSPS) is 12.2. The summed E-state index contributed by atoms with van der Waals surface area (Å²) in [6, 6.07) is 29.2. The number of fused-ring (bicyclic) bond motifs is 8. The van der Waals surface area contributed by atoms with Crippen LogP contribution in [0.2, 0.25) is 0 Å². The number of hydrogen-bond donors (Lipinski definition) is 0. The number of nitrogens with zero attached hydrogens (tertiary/aromatic N) is 3. The summed E-state index contributed by atoms with van der Waals surface area (Å²) < 4.78 is 11.6. The zero-order chi connectivity index (χ0) is 19.8. The van der Waals surface area contributed by atoms with Crippen molar-refractivity contribution in [1.29, 1.82) is 0 Å². The van der Waals surface area contributed by atoms with Gasteiger partial charge in [-0.15, -0.1) is 0 Å². The molecule has 0 spiro atoms. The molecule has 0 N–H and O–H groups in total. The highest BCUT2D eigenvalue weighted by atomic mass is 79.9. The number of hydrogen-bond acceptors (Lipinski definition) is 2. The molecule has 5 heteroatoms. The van der Waals surface area contributed by atoms with E-state index >= 15 is 0 Å². The van der Waals surface area contributed by atoms with E-state index < -0.39 is 0 Å². The molecule has 7 aromatic rings. The van der Waals surface area contributed by atoms with Gasteiger partial charge in [-0.05, 0) is 48.5 Å². The molecule has 0 saturated carbocycles. The third-order valence-corrected chi connectivity index (χ3v) is 6.28. The van der Waals surface area contributed by atoms with Crippen LogP contribution >= 0.6 is 15.9 Å². The molecule has 0 bridgehead atoms. The van der Waals surface area contributed by atoms with Crippen molar-refractivity contribution < 1.29 is 4.42 Å². The molecule has 0 aliphatic heterocycles. The molecule has 0 aliphatic rings. The quantitative estimate of drug-likeness (QED) is 0.267. The summed E-state index contributed by atoms with van der Waals surface area (Å²) in [7, 11) is 0. The van der Waals surface area contributed by atoms with E-state index in [4.69, 9.17) is 9.40 Å². The molecule has 7 rings (SSSR count). The maximum atomic E-state index is 6.14. The van der Waals surface area contributed by atoms with Crippen molar-refractivity contribution in [3.63, 3.8) is 0 Å². The number of para-hydroxylation sites is 3. The minimum atomic E-state index is 0.878. The fraction of sp³-hybridized carbons (Fsp3) is 0. The van der Waals surface area contributed by atoms with E-state index in [1.807, 2.05) is 30.3 Å². The zero-order valence-electron chi connectivity index (χ0n) is 15.7. The summed E-state index contributed by atoms with van der Waals surface area (Å²) >= 11 is 3.60. The summed E-state index contributed by atoms with van der Waals surface area (Å²) in [4.78, 5) is 4.97. The molecule has 30 heavy (non-hydrogen) atoms. The van der Waals surface area contributed by atoms with E-state index in [0.29, 0.717) is 0 Å². The largest absolute Gasteiger partial charge is 0.456 e. The topological polar surface area (TPSA) is 35.4 Å². The molecular weight excluding hydrogens is 438 g/mol. The Kier molecular flexibility index (Phi) is 3.11. The molecule has 3 heterocycles. The Hall–Kier alpha value is -3.57. The van der Waals surface area contributed by atoms with Crippen molar-refractivity contribution in [3.05, 3.63) is 89.4 Å². The minimum Gasteiger partial charge on any atom is -0.456 e. The second-order valence-electron chi connectivity index (χ2n) is 7.48. The predicted octanol–water partition coefficient (Wildman–Crippen LogP) is 7.09. The van der Waals surface area contributed by atoms with Crippen LogP contribution in [0.3, 0.4) is 0 Å². The van der Waals surface area contributed by atoms with Crippen LogP contribution in [0, 0.1) is 0 Å². The second-order valence-corrected chi connectivity index (χ2v) is 8.40. The third kappa shape index (κ3) is 2.07. The van der Waals surface area contributed by atoms with E-state index in [0.717, 1.165) is 59.9 Å². The van der Waals surface area contributed by atoms with Crippen molar-refractivity contribution in [3.8, 4) is 5.69 Å². The number of aromatic nitrogens is 3. The van der Waals surface area contributed by atoms with Crippen molar-refractivity contribution in [1.82, 2.24) is 14.0 Å². The van der Waals surface area contributed by atoms with Gasteiger partial charge in [0.2, 0.25) is 5.78 Å². The highest BCUT2D eigenvalue weighted by molar-refractivity contribution is 9.10. The van der Waals surface area contributed by atoms with Gasteiger partial charge in [0, 0.05) is 21.3 Å². The lowest BCUT2D eigenvalue weighted by Gasteiger charge is -2.05. The first-order chi connectivity index (χ1) is 14.8. The molecule has 0 amide bonds. The first-order valence-corrected chi connectivity index (χ1v) is 10.6. The van der Waals surface area contributed by atoms with Gasteiger partial charge >= 0.3 is 0 Å². The number of rotatable bonds is 1. The summed E-state index contributed by atoms with van der Waals surface area (Å²) in [6.45, 7) is 0. The van der Waals surface area contributed by atoms with Gasteiger partial charge in [0.1, 0.15) is 11.2 Å². The lowest BCUT2D eigenvalue weighted by atomic mass is 10.1. The molecule has 0 radical (unpaired) electrons. The van der Waals surface area contributed by atoms with Gasteiger partial charge in [-0.1, -0.05) is 46.3 Å². The Labute approximate surface area is 179 Å². The van der Waals surface area contributed by atoms with E-state index in [1.165, 1.54) is 0 Å². The fourth-order valence-electron chi connectivity index (χ4n) is 4.48. The van der Waals surface area contributed by atoms with Crippen LogP contribution in [0.5, 0.6) is 0 Å². The van der Waals surface area contributed by atoms with Gasteiger partial charge in [0.15, 0.2) is 0 Å². The molecule has 0 atom stereocenters. The van der Waals surface area contributed by atoms with Crippen molar-refractivity contribution >= 4 is 65.7 Å². The summed E-state index contributed by atoms with van der Waals surface area (Å²) in [6.07, 6.45) is 0. The Bertz CT molecular complexity index is 1770. The molecule has 0 fully saturated rings. The lowest BCUT2D eigenvalue weighted by molar-refractivity contribution is 0.668. The van der Waals surface area contributed by atoms with E-state index in [-0.39, 0.29) is 0 Å². The van der Waals surface area contributed by atoms with Crippen molar-refractivity contribution in [2.75, 3.05) is 0 Å². The zero-order valence-corrected chi connectivity index (χ0v) is 17.3. The van der Waals surface area contributed by atoms with Crippen LogP contribution in [-0.2, 0) is 0 Å². The average Bonchev–Trinajstić information content (AvgIpc) is 3.41. The SMILES string of the molecule is Brc1ccc2nc3n(-c4ccc5c(c4)oc4ccccc45)c4ccccc4n3c2c1. The first kappa shape index (κ1) is 16.3. The van der Waals surface area contributed by atoms with E-state index in [2.05, 4.69) is 79.5 Å². The predicted molar refractivity (Wildman–Crippen MR) is 125 cm³/mol. The molecule has 0 unspecified atom stereocenters. The Morgan fingerprint density at radius 3 is 2.43 bits per heavy atom. The first-order valence-electron chi connectivity index (χ1n) is 9.77. The van der Waals surface area contributed by atoms with E-state index in [9.17, 15) is 0 Å². The average molecular weight is 452 g/mol. The smallest absolute Gasteiger partial charge is 0.220 e. The molecule has 3 aromatic heterocycles. The van der Waals surface area contributed by atoms with Gasteiger partial charge in [-0.3, -0.25) is 8.97 Å². The maximum Gasteiger partial charge on any atom is 0.220 e. The lowest BCUT2D eigenvalue weighted by Crippen LogP contribution is -1.94. The van der Waals surface area contributed by atoms with E-state index in [1.54, 1.807) is 0 Å². The highest BCUT2D eigenvalue weighted by Gasteiger charge is 2.18. The number of halogens is 1. The van der Waals surface area contributed by atoms with Crippen LogP contribution in [0.15, 0.2) is 93.8 Å². The van der Waals surface area contributed by atoms with Gasteiger partial charge in [-0.25, -0.2) is 4.98 Å². The molecule has 142 valence electrons. The van der Waals surface area contributed by atoms with Crippen molar-refractivity contribution in [2.45, 2.75) is 0 Å². The Balaban J connectivity index is 1.62. The monoisotopic (exact) mass is 451 g/mol. The fourth-order valence-corrected chi connectivity index (χ4v) is 4.83. The summed E-state index contributed by atoms with van der Waals surface area (Å²) in [5, 5.41) is 2.26. The standard InChI is InChI=1S/C25H14BrN3O/c26-15-9-12-19-22(13-15)29-21-7-3-2-6-20(21)28(25(29)27-19)16-10-11-18-17-5-1-4-8-23(17)30-24(18)14-16/h1-14H. The van der Waals surface area contributed by atoms with Gasteiger partial charge in [-0.2, -0.15) is 0 Å². The van der Waals surface area contributed by atoms with Crippen LogP contribution in [0.25, 0.3) is 55.5 Å². The van der Waals surface area contributed by atoms with Crippen LogP contribution < -0.4 is 0 Å². The molecule has 4 nitrogen and oxygen atoms in total. The second kappa shape index (κ2) is 5.74. The minimum absolute atomic E-state index is 0.878. The highest BCUT2D eigenvalue weighted by Crippen LogP contribution is 2.34. The van der Waals surface area contributed by atoms with Crippen LogP contribution in [0.1, 0.15) is 0 Å². The molecular formula is C25H14BrN3O. The molecule has 0 saturated heterocycles.